The van der Waals surface area contributed by atoms with Crippen LogP contribution in [0.3, 0.4) is 0 Å². The summed E-state index contributed by atoms with van der Waals surface area (Å²) in [5, 5.41) is 2.29. The van der Waals surface area contributed by atoms with Crippen molar-refractivity contribution in [1.82, 2.24) is 4.90 Å². The van der Waals surface area contributed by atoms with E-state index >= 15 is 0 Å². The third-order valence-corrected chi connectivity index (χ3v) is 4.69. The van der Waals surface area contributed by atoms with Crippen LogP contribution in [-0.4, -0.2) is 17.4 Å². The first kappa shape index (κ1) is 14.0. The summed E-state index contributed by atoms with van der Waals surface area (Å²) < 4.78 is 0. The molecule has 0 spiro atoms. The van der Waals surface area contributed by atoms with E-state index in [1.165, 1.54) is 10.9 Å². The summed E-state index contributed by atoms with van der Waals surface area (Å²) in [4.78, 5) is 15.0. The maximum atomic E-state index is 13.0. The highest BCUT2D eigenvalue weighted by molar-refractivity contribution is 5.98. The van der Waals surface area contributed by atoms with Gasteiger partial charge in [0.1, 0.15) is 0 Å². The smallest absolute Gasteiger partial charge is 0.254 e. The molecule has 3 aromatic rings. The van der Waals surface area contributed by atoms with Crippen molar-refractivity contribution >= 4 is 16.7 Å². The van der Waals surface area contributed by atoms with Crippen LogP contribution >= 0.6 is 0 Å². The number of hydrogen-bond donors (Lipinski definition) is 0. The molecule has 114 valence electrons. The van der Waals surface area contributed by atoms with E-state index in [4.69, 9.17) is 0 Å². The molecule has 0 unspecified atom stereocenters. The van der Waals surface area contributed by atoms with Gasteiger partial charge in [0.2, 0.25) is 0 Å². The van der Waals surface area contributed by atoms with Gasteiger partial charge in [-0.15, -0.1) is 0 Å². The molecule has 2 heteroatoms. The predicted octanol–water partition coefficient (Wildman–Crippen LogP) is 4.82. The molecule has 1 atom stereocenters. The zero-order valence-corrected chi connectivity index (χ0v) is 13.0. The van der Waals surface area contributed by atoms with Crippen molar-refractivity contribution in [3.8, 4) is 0 Å². The van der Waals surface area contributed by atoms with Gasteiger partial charge < -0.3 is 4.90 Å². The molecule has 4 rings (SSSR count). The molecule has 1 heterocycles. The van der Waals surface area contributed by atoms with Crippen molar-refractivity contribution in [3.05, 3.63) is 83.9 Å². The van der Waals surface area contributed by atoms with Crippen molar-refractivity contribution in [2.24, 2.45) is 0 Å². The number of likely N-dealkylation sites (tertiary alicyclic amines) is 1. The molecule has 0 aromatic heterocycles. The second-order valence-corrected chi connectivity index (χ2v) is 6.13. The molecule has 1 amide bonds. The molecular formula is C21H19NO. The molecule has 0 bridgehead atoms. The normalized spacial score (nSPS) is 17.6. The molecule has 3 aromatic carbocycles. The number of rotatable bonds is 2. The molecule has 1 saturated heterocycles. The highest BCUT2D eigenvalue weighted by atomic mass is 16.2. The van der Waals surface area contributed by atoms with E-state index in [9.17, 15) is 4.79 Å². The minimum Gasteiger partial charge on any atom is -0.332 e. The fourth-order valence-corrected chi connectivity index (χ4v) is 3.52. The van der Waals surface area contributed by atoms with Crippen LogP contribution in [-0.2, 0) is 0 Å². The average molecular weight is 301 g/mol. The number of fused-ring (bicyclic) bond motifs is 1. The summed E-state index contributed by atoms with van der Waals surface area (Å²) in [6, 6.07) is 24.7. The Morgan fingerprint density at radius 1 is 0.870 bits per heavy atom. The van der Waals surface area contributed by atoms with Gasteiger partial charge in [-0.05, 0) is 41.3 Å². The van der Waals surface area contributed by atoms with Gasteiger partial charge in [0.15, 0.2) is 0 Å². The molecule has 0 radical (unpaired) electrons. The first-order chi connectivity index (χ1) is 11.3. The summed E-state index contributed by atoms with van der Waals surface area (Å²) >= 11 is 0. The van der Waals surface area contributed by atoms with Crippen LogP contribution in [0.25, 0.3) is 10.8 Å². The van der Waals surface area contributed by atoms with Crippen LogP contribution < -0.4 is 0 Å². The van der Waals surface area contributed by atoms with Gasteiger partial charge in [0, 0.05) is 12.1 Å². The second kappa shape index (κ2) is 5.88. The van der Waals surface area contributed by atoms with Gasteiger partial charge >= 0.3 is 0 Å². The predicted molar refractivity (Wildman–Crippen MR) is 93.4 cm³/mol. The van der Waals surface area contributed by atoms with Crippen molar-refractivity contribution in [2.45, 2.75) is 18.9 Å². The van der Waals surface area contributed by atoms with Gasteiger partial charge in [-0.3, -0.25) is 4.79 Å². The number of carbonyl (C=O) groups excluding carboxylic acids is 1. The lowest BCUT2D eigenvalue weighted by Crippen LogP contribution is -2.30. The number of hydrogen-bond acceptors (Lipinski definition) is 1. The molecule has 0 aliphatic carbocycles. The van der Waals surface area contributed by atoms with E-state index in [2.05, 4.69) is 24.3 Å². The number of benzene rings is 3. The van der Waals surface area contributed by atoms with Crippen molar-refractivity contribution in [1.29, 1.82) is 0 Å². The van der Waals surface area contributed by atoms with Crippen LogP contribution in [0.5, 0.6) is 0 Å². The van der Waals surface area contributed by atoms with Gasteiger partial charge in [-0.1, -0.05) is 60.7 Å². The maximum Gasteiger partial charge on any atom is 0.254 e. The van der Waals surface area contributed by atoms with Gasteiger partial charge in [-0.2, -0.15) is 0 Å². The van der Waals surface area contributed by atoms with E-state index in [0.717, 1.165) is 30.3 Å². The molecule has 1 aliphatic heterocycles. The third kappa shape index (κ3) is 2.61. The Balaban J connectivity index is 1.66. The Labute approximate surface area is 136 Å². The summed E-state index contributed by atoms with van der Waals surface area (Å²) in [5.41, 5.74) is 2.02. The van der Waals surface area contributed by atoms with E-state index in [1.54, 1.807) is 0 Å². The topological polar surface area (TPSA) is 20.3 Å². The summed E-state index contributed by atoms with van der Waals surface area (Å²) in [5.74, 6) is 0.141. The minimum absolute atomic E-state index is 0.141. The zero-order valence-electron chi connectivity index (χ0n) is 13.0. The first-order valence-electron chi connectivity index (χ1n) is 8.18. The SMILES string of the molecule is O=C(c1ccc2ccccc2c1)N1CCC[C@@H]1c1ccccc1. The minimum atomic E-state index is 0.141. The fourth-order valence-electron chi connectivity index (χ4n) is 3.52. The quantitative estimate of drug-likeness (QED) is 0.664. The average Bonchev–Trinajstić information content (AvgIpc) is 3.11. The Kier molecular flexibility index (Phi) is 3.58. The van der Waals surface area contributed by atoms with Gasteiger partial charge in [-0.25, -0.2) is 0 Å². The molecule has 23 heavy (non-hydrogen) atoms. The molecular weight excluding hydrogens is 282 g/mol. The highest BCUT2D eigenvalue weighted by Gasteiger charge is 2.30. The molecule has 0 N–H and O–H groups in total. The molecule has 1 aliphatic rings. The Morgan fingerprint density at radius 3 is 2.43 bits per heavy atom. The van der Waals surface area contributed by atoms with Crippen LogP contribution in [0.2, 0.25) is 0 Å². The second-order valence-electron chi connectivity index (χ2n) is 6.13. The van der Waals surface area contributed by atoms with Gasteiger partial charge in [0.25, 0.3) is 5.91 Å². The van der Waals surface area contributed by atoms with Crippen LogP contribution in [0.4, 0.5) is 0 Å². The number of amides is 1. The largest absolute Gasteiger partial charge is 0.332 e. The highest BCUT2D eigenvalue weighted by Crippen LogP contribution is 2.33. The fraction of sp³-hybridized carbons (Fsp3) is 0.190. The lowest BCUT2D eigenvalue weighted by molar-refractivity contribution is 0.0736. The van der Waals surface area contributed by atoms with E-state index < -0.39 is 0 Å². The first-order valence-corrected chi connectivity index (χ1v) is 8.18. The van der Waals surface area contributed by atoms with Crippen molar-refractivity contribution in [3.63, 3.8) is 0 Å². The zero-order chi connectivity index (χ0) is 15.6. The van der Waals surface area contributed by atoms with Crippen LogP contribution in [0, 0.1) is 0 Å². The molecule has 2 nitrogen and oxygen atoms in total. The lowest BCUT2D eigenvalue weighted by Gasteiger charge is -2.25. The number of nitrogens with zero attached hydrogens (tertiary/aromatic N) is 1. The molecule has 1 fully saturated rings. The van der Waals surface area contributed by atoms with E-state index in [1.807, 2.05) is 53.4 Å². The monoisotopic (exact) mass is 301 g/mol. The Hall–Kier alpha value is -2.61. The third-order valence-electron chi connectivity index (χ3n) is 4.69. The molecule has 0 saturated carbocycles. The Bertz CT molecular complexity index is 841. The van der Waals surface area contributed by atoms with E-state index in [0.29, 0.717) is 0 Å². The lowest BCUT2D eigenvalue weighted by atomic mass is 10.0. The van der Waals surface area contributed by atoms with Crippen molar-refractivity contribution < 1.29 is 4.79 Å². The maximum absolute atomic E-state index is 13.0. The number of carbonyl (C=O) groups is 1. The summed E-state index contributed by atoms with van der Waals surface area (Å²) in [6.07, 6.45) is 2.11. The van der Waals surface area contributed by atoms with E-state index in [-0.39, 0.29) is 11.9 Å². The Morgan fingerprint density at radius 2 is 1.61 bits per heavy atom. The standard InChI is InChI=1S/C21H19NO/c23-21(19-13-12-16-7-4-5-10-18(16)15-19)22-14-6-11-20(22)17-8-2-1-3-9-17/h1-5,7-10,12-13,15,20H,6,11,14H2/t20-/m1/s1. The van der Waals surface area contributed by atoms with Crippen molar-refractivity contribution in [2.75, 3.05) is 6.54 Å². The van der Waals surface area contributed by atoms with Crippen LogP contribution in [0.15, 0.2) is 72.8 Å². The summed E-state index contributed by atoms with van der Waals surface area (Å²) in [7, 11) is 0. The van der Waals surface area contributed by atoms with Gasteiger partial charge in [0.05, 0.1) is 6.04 Å². The van der Waals surface area contributed by atoms with Crippen LogP contribution in [0.1, 0.15) is 34.8 Å². The summed E-state index contributed by atoms with van der Waals surface area (Å²) in [6.45, 7) is 0.839.